The lowest BCUT2D eigenvalue weighted by atomic mass is 10.1. The van der Waals surface area contributed by atoms with Crippen LogP contribution in [0.5, 0.6) is 0 Å². The van der Waals surface area contributed by atoms with E-state index in [2.05, 4.69) is 0 Å². The van der Waals surface area contributed by atoms with Crippen molar-refractivity contribution < 1.29 is 24.0 Å². The zero-order valence-electron chi connectivity index (χ0n) is 11.4. The molecule has 7 nitrogen and oxygen atoms in total. The molecule has 0 bridgehead atoms. The molecule has 0 aromatic heterocycles. The molecule has 1 aromatic carbocycles. The Bertz CT molecular complexity index is 572. The van der Waals surface area contributed by atoms with Crippen molar-refractivity contribution in [2.45, 2.75) is 18.9 Å². The molecule has 0 aliphatic carbocycles. The van der Waals surface area contributed by atoms with Crippen molar-refractivity contribution in [1.82, 2.24) is 0 Å². The zero-order valence-corrected chi connectivity index (χ0v) is 11.4. The molecule has 1 N–H and O–H groups in total. The fraction of sp³-hybridized carbons (Fsp3) is 0.462. The average molecular weight is 298 g/mol. The third kappa shape index (κ3) is 3.27. The molecule has 0 spiro atoms. The molecule has 1 heterocycles. The molecule has 1 aliphatic heterocycles. The number of carboxylic acid groups (broad SMARTS) is 1. The van der Waals surface area contributed by atoms with Gasteiger partial charge in [0, 0.05) is 20.2 Å². The third-order valence-electron chi connectivity index (χ3n) is 3.40. The van der Waals surface area contributed by atoms with E-state index in [4.69, 9.17) is 9.84 Å². The van der Waals surface area contributed by atoms with Gasteiger partial charge in [0.15, 0.2) is 0 Å². The van der Waals surface area contributed by atoms with Crippen LogP contribution in [0.15, 0.2) is 12.1 Å². The lowest BCUT2D eigenvalue weighted by Gasteiger charge is -2.22. The SMILES string of the molecule is CN(CC1CCCO1)c1cc(C(=O)O)c(F)cc1[N+](=O)[O-]. The molecule has 1 fully saturated rings. The first-order valence-corrected chi connectivity index (χ1v) is 6.44. The smallest absolute Gasteiger partial charge is 0.338 e. The van der Waals surface area contributed by atoms with Crippen molar-refractivity contribution in [3.63, 3.8) is 0 Å². The van der Waals surface area contributed by atoms with Crippen molar-refractivity contribution in [2.75, 3.05) is 25.1 Å². The summed E-state index contributed by atoms with van der Waals surface area (Å²) >= 11 is 0. The summed E-state index contributed by atoms with van der Waals surface area (Å²) in [7, 11) is 1.59. The minimum Gasteiger partial charge on any atom is -0.478 e. The van der Waals surface area contributed by atoms with Crippen molar-refractivity contribution in [3.8, 4) is 0 Å². The van der Waals surface area contributed by atoms with Gasteiger partial charge in [0.05, 0.1) is 22.7 Å². The van der Waals surface area contributed by atoms with Crippen LogP contribution >= 0.6 is 0 Å². The number of anilines is 1. The van der Waals surface area contributed by atoms with E-state index < -0.39 is 28.0 Å². The standard InChI is InChI=1S/C13H15FN2O5/c1-15(7-8-3-2-4-21-8)11-5-9(13(17)18)10(14)6-12(11)16(19)20/h5-6,8H,2-4,7H2,1H3,(H,17,18). The number of nitro benzene ring substituents is 1. The minimum atomic E-state index is -1.46. The maximum atomic E-state index is 13.6. The van der Waals surface area contributed by atoms with Gasteiger partial charge in [-0.05, 0) is 18.9 Å². The van der Waals surface area contributed by atoms with Crippen LogP contribution in [0.1, 0.15) is 23.2 Å². The Morgan fingerprint density at radius 1 is 1.62 bits per heavy atom. The largest absolute Gasteiger partial charge is 0.478 e. The fourth-order valence-corrected chi connectivity index (χ4v) is 2.36. The average Bonchev–Trinajstić information content (AvgIpc) is 2.90. The van der Waals surface area contributed by atoms with Crippen LogP contribution < -0.4 is 4.90 Å². The van der Waals surface area contributed by atoms with Crippen LogP contribution in [0, 0.1) is 15.9 Å². The summed E-state index contributed by atoms with van der Waals surface area (Å²) in [4.78, 5) is 22.8. The van der Waals surface area contributed by atoms with Gasteiger partial charge in [0.1, 0.15) is 11.5 Å². The van der Waals surface area contributed by atoms with Crippen molar-refractivity contribution in [1.29, 1.82) is 0 Å². The molecule has 0 radical (unpaired) electrons. The van der Waals surface area contributed by atoms with Crippen LogP contribution in [0.25, 0.3) is 0 Å². The van der Waals surface area contributed by atoms with Crippen molar-refractivity contribution >= 4 is 17.3 Å². The van der Waals surface area contributed by atoms with E-state index in [9.17, 15) is 19.3 Å². The minimum absolute atomic E-state index is 0.0621. The van der Waals surface area contributed by atoms with Crippen LogP contribution in [0.4, 0.5) is 15.8 Å². The molecular weight excluding hydrogens is 283 g/mol. The first-order valence-electron chi connectivity index (χ1n) is 6.44. The second kappa shape index (κ2) is 6.04. The van der Waals surface area contributed by atoms with E-state index in [1.807, 2.05) is 0 Å². The summed E-state index contributed by atoms with van der Waals surface area (Å²) in [5, 5.41) is 20.0. The number of nitrogens with zero attached hydrogens (tertiary/aromatic N) is 2. The number of likely N-dealkylation sites (N-methyl/N-ethyl adjacent to an activating group) is 1. The van der Waals surface area contributed by atoms with Gasteiger partial charge < -0.3 is 14.7 Å². The molecule has 1 aliphatic rings. The van der Waals surface area contributed by atoms with Crippen LogP contribution in [-0.2, 0) is 4.74 Å². The molecule has 1 saturated heterocycles. The van der Waals surface area contributed by atoms with Gasteiger partial charge in [-0.3, -0.25) is 10.1 Å². The Balaban J connectivity index is 2.36. The van der Waals surface area contributed by atoms with E-state index in [1.165, 1.54) is 4.90 Å². The summed E-state index contributed by atoms with van der Waals surface area (Å²) in [6, 6.07) is 1.63. The number of benzene rings is 1. The highest BCUT2D eigenvalue weighted by atomic mass is 19.1. The summed E-state index contributed by atoms with van der Waals surface area (Å²) < 4.78 is 19.0. The zero-order chi connectivity index (χ0) is 15.6. The second-order valence-corrected chi connectivity index (χ2v) is 4.90. The van der Waals surface area contributed by atoms with Gasteiger partial charge in [-0.1, -0.05) is 0 Å². The predicted octanol–water partition coefficient (Wildman–Crippen LogP) is 2.05. The van der Waals surface area contributed by atoms with E-state index >= 15 is 0 Å². The van der Waals surface area contributed by atoms with Gasteiger partial charge in [-0.15, -0.1) is 0 Å². The number of carboxylic acids is 1. The fourth-order valence-electron chi connectivity index (χ4n) is 2.36. The number of hydrogen-bond acceptors (Lipinski definition) is 5. The van der Waals surface area contributed by atoms with E-state index in [0.29, 0.717) is 19.2 Å². The van der Waals surface area contributed by atoms with E-state index in [0.717, 1.165) is 18.9 Å². The maximum absolute atomic E-state index is 13.6. The second-order valence-electron chi connectivity index (χ2n) is 4.90. The number of aromatic carboxylic acids is 1. The summed E-state index contributed by atoms with van der Waals surface area (Å²) in [5.41, 5.74) is -0.984. The van der Waals surface area contributed by atoms with Crippen LogP contribution in [0.2, 0.25) is 0 Å². The third-order valence-corrected chi connectivity index (χ3v) is 3.40. The topological polar surface area (TPSA) is 92.9 Å². The van der Waals surface area contributed by atoms with Crippen molar-refractivity contribution in [3.05, 3.63) is 33.6 Å². The molecule has 0 amide bonds. The summed E-state index contributed by atoms with van der Waals surface area (Å²) in [6.45, 7) is 1.02. The first kappa shape index (κ1) is 15.2. The van der Waals surface area contributed by atoms with Gasteiger partial charge in [0.25, 0.3) is 5.69 Å². The number of nitro groups is 1. The van der Waals surface area contributed by atoms with E-state index in [-0.39, 0.29) is 11.8 Å². The molecule has 8 heteroatoms. The highest BCUT2D eigenvalue weighted by molar-refractivity contribution is 5.90. The van der Waals surface area contributed by atoms with Gasteiger partial charge in [0.2, 0.25) is 0 Å². The van der Waals surface area contributed by atoms with Gasteiger partial charge >= 0.3 is 5.97 Å². The molecule has 114 valence electrons. The Labute approximate surface area is 120 Å². The van der Waals surface area contributed by atoms with Crippen molar-refractivity contribution in [2.24, 2.45) is 0 Å². The number of hydrogen-bond donors (Lipinski definition) is 1. The van der Waals surface area contributed by atoms with Gasteiger partial charge in [-0.25, -0.2) is 9.18 Å². The quantitative estimate of drug-likeness (QED) is 0.660. The molecule has 1 aromatic rings. The van der Waals surface area contributed by atoms with Crippen LogP contribution in [-0.4, -0.2) is 42.3 Å². The molecular formula is C13H15FN2O5. The highest BCUT2D eigenvalue weighted by Crippen LogP contribution is 2.31. The molecule has 21 heavy (non-hydrogen) atoms. The summed E-state index contributed by atoms with van der Waals surface area (Å²) in [5.74, 6) is -2.59. The molecule has 2 rings (SSSR count). The molecule has 0 saturated carbocycles. The molecule has 1 atom stereocenters. The monoisotopic (exact) mass is 298 g/mol. The Hall–Kier alpha value is -2.22. The Kier molecular flexibility index (Phi) is 4.37. The predicted molar refractivity (Wildman–Crippen MR) is 72.3 cm³/mol. The van der Waals surface area contributed by atoms with E-state index in [1.54, 1.807) is 7.05 Å². The lowest BCUT2D eigenvalue weighted by Crippen LogP contribution is -2.29. The maximum Gasteiger partial charge on any atom is 0.338 e. The van der Waals surface area contributed by atoms with Gasteiger partial charge in [-0.2, -0.15) is 0 Å². The number of carbonyl (C=O) groups is 1. The number of rotatable bonds is 5. The Morgan fingerprint density at radius 3 is 2.86 bits per heavy atom. The van der Waals surface area contributed by atoms with Crippen LogP contribution in [0.3, 0.4) is 0 Å². The first-order chi connectivity index (χ1) is 9.90. The Morgan fingerprint density at radius 2 is 2.33 bits per heavy atom. The summed E-state index contributed by atoms with van der Waals surface area (Å²) in [6.07, 6.45) is 1.70. The number of halogens is 1. The normalized spacial score (nSPS) is 17.7. The highest BCUT2D eigenvalue weighted by Gasteiger charge is 2.26. The number of ether oxygens (including phenoxy) is 1. The lowest BCUT2D eigenvalue weighted by molar-refractivity contribution is -0.384. The molecule has 1 unspecified atom stereocenters.